The number of aromatic nitrogens is 3. The summed E-state index contributed by atoms with van der Waals surface area (Å²) in [5.41, 5.74) is 4.03. The van der Waals surface area contributed by atoms with Crippen molar-refractivity contribution >= 4 is 11.8 Å². The molecule has 0 saturated heterocycles. The Morgan fingerprint density at radius 1 is 1.04 bits per heavy atom. The van der Waals surface area contributed by atoms with Crippen LogP contribution in [0.5, 0.6) is 0 Å². The van der Waals surface area contributed by atoms with Gasteiger partial charge < -0.3 is 9.30 Å². The molecule has 3 aromatic rings. The molecule has 2 aromatic heterocycles. The number of rotatable bonds is 5. The highest BCUT2D eigenvalue weighted by molar-refractivity contribution is 6.02. The van der Waals surface area contributed by atoms with Crippen molar-refractivity contribution < 1.29 is 14.3 Å². The first kappa shape index (κ1) is 18.5. The zero-order valence-electron chi connectivity index (χ0n) is 15.8. The summed E-state index contributed by atoms with van der Waals surface area (Å²) in [6.07, 6.45) is 1.90. The first-order valence-electron chi connectivity index (χ1n) is 8.66. The topological polar surface area (TPSA) is 74.1 Å². The van der Waals surface area contributed by atoms with Gasteiger partial charge in [-0.1, -0.05) is 18.2 Å². The summed E-state index contributed by atoms with van der Waals surface area (Å²) in [4.78, 5) is 33.1. The third-order valence-electron chi connectivity index (χ3n) is 4.35. The number of carbonyl (C=O) groups excluding carboxylic acids is 2. The van der Waals surface area contributed by atoms with Gasteiger partial charge in [0.2, 0.25) is 5.78 Å². The number of esters is 1. The minimum Gasteiger partial charge on any atom is -0.449 e. The van der Waals surface area contributed by atoms with Gasteiger partial charge in [0.1, 0.15) is 0 Å². The predicted octanol–water partition coefficient (Wildman–Crippen LogP) is 3.62. The highest BCUT2D eigenvalue weighted by Crippen LogP contribution is 2.22. The van der Waals surface area contributed by atoms with Gasteiger partial charge in [-0.25, -0.2) is 9.78 Å². The second kappa shape index (κ2) is 7.53. The second-order valence-corrected chi connectivity index (χ2v) is 6.41. The molecule has 138 valence electrons. The van der Waals surface area contributed by atoms with Crippen LogP contribution in [0.15, 0.2) is 48.8 Å². The molecule has 0 aliphatic heterocycles. The molecular formula is C21H21N3O3. The fourth-order valence-corrected chi connectivity index (χ4v) is 2.98. The second-order valence-electron chi connectivity index (χ2n) is 6.41. The average molecular weight is 363 g/mol. The van der Waals surface area contributed by atoms with Crippen molar-refractivity contribution in [2.75, 3.05) is 0 Å². The maximum Gasteiger partial charge on any atom is 0.359 e. The minimum absolute atomic E-state index is 0.0787. The molecule has 0 aliphatic rings. The van der Waals surface area contributed by atoms with E-state index in [2.05, 4.69) is 9.97 Å². The van der Waals surface area contributed by atoms with E-state index in [-0.39, 0.29) is 11.5 Å². The van der Waals surface area contributed by atoms with Crippen molar-refractivity contribution in [1.82, 2.24) is 14.5 Å². The molecule has 0 radical (unpaired) electrons. The Labute approximate surface area is 157 Å². The quantitative estimate of drug-likeness (QED) is 0.511. The van der Waals surface area contributed by atoms with Crippen molar-refractivity contribution in [3.05, 3.63) is 77.1 Å². The van der Waals surface area contributed by atoms with Crippen LogP contribution in [0, 0.1) is 20.8 Å². The number of benzene rings is 1. The average Bonchev–Trinajstić information content (AvgIpc) is 2.96. The molecule has 0 bridgehead atoms. The fraction of sp³-hybridized carbons (Fsp3) is 0.238. The van der Waals surface area contributed by atoms with E-state index in [9.17, 15) is 9.59 Å². The lowest BCUT2D eigenvalue weighted by molar-refractivity contribution is 0.0312. The number of hydrogen-bond donors (Lipinski definition) is 0. The predicted molar refractivity (Wildman–Crippen MR) is 101 cm³/mol. The van der Waals surface area contributed by atoms with Crippen LogP contribution in [0.4, 0.5) is 0 Å². The molecular weight excluding hydrogens is 342 g/mol. The molecule has 0 spiro atoms. The Hall–Kier alpha value is -3.28. The Balaban J connectivity index is 1.81. The lowest BCUT2D eigenvalue weighted by Crippen LogP contribution is -2.25. The van der Waals surface area contributed by atoms with Gasteiger partial charge in [0.25, 0.3) is 0 Å². The van der Waals surface area contributed by atoms with E-state index >= 15 is 0 Å². The molecule has 27 heavy (non-hydrogen) atoms. The van der Waals surface area contributed by atoms with Gasteiger partial charge in [0.15, 0.2) is 11.8 Å². The summed E-state index contributed by atoms with van der Waals surface area (Å²) in [6, 6.07) is 11.6. The van der Waals surface area contributed by atoms with E-state index in [1.807, 2.05) is 54.8 Å². The van der Waals surface area contributed by atoms with Crippen LogP contribution in [0.1, 0.15) is 44.9 Å². The summed E-state index contributed by atoms with van der Waals surface area (Å²) in [5.74, 6) is -0.918. The molecule has 6 nitrogen and oxygen atoms in total. The monoisotopic (exact) mass is 363 g/mol. The number of ketones is 1. The zero-order valence-corrected chi connectivity index (χ0v) is 15.8. The van der Waals surface area contributed by atoms with E-state index in [4.69, 9.17) is 4.74 Å². The molecule has 0 saturated carbocycles. The van der Waals surface area contributed by atoms with Crippen molar-refractivity contribution in [2.45, 2.75) is 33.8 Å². The van der Waals surface area contributed by atoms with E-state index in [0.29, 0.717) is 11.3 Å². The van der Waals surface area contributed by atoms with E-state index in [1.165, 1.54) is 12.4 Å². The van der Waals surface area contributed by atoms with Gasteiger partial charge in [0, 0.05) is 28.8 Å². The van der Waals surface area contributed by atoms with E-state index in [1.54, 1.807) is 13.8 Å². The third-order valence-corrected chi connectivity index (χ3v) is 4.35. The van der Waals surface area contributed by atoms with Crippen molar-refractivity contribution in [2.24, 2.45) is 0 Å². The molecule has 0 aliphatic carbocycles. The van der Waals surface area contributed by atoms with Crippen LogP contribution in [0.3, 0.4) is 0 Å². The van der Waals surface area contributed by atoms with Crippen molar-refractivity contribution in [3.63, 3.8) is 0 Å². The maximum atomic E-state index is 12.9. The van der Waals surface area contributed by atoms with E-state index < -0.39 is 12.1 Å². The first-order chi connectivity index (χ1) is 12.9. The van der Waals surface area contributed by atoms with Gasteiger partial charge >= 0.3 is 5.97 Å². The molecule has 1 atom stereocenters. The van der Waals surface area contributed by atoms with Gasteiger partial charge in [-0.2, -0.15) is 0 Å². The summed E-state index contributed by atoms with van der Waals surface area (Å²) in [7, 11) is 0. The number of hydrogen-bond acceptors (Lipinski definition) is 5. The first-order valence-corrected chi connectivity index (χ1v) is 8.66. The zero-order chi connectivity index (χ0) is 19.6. The number of carbonyl (C=O) groups is 2. The largest absolute Gasteiger partial charge is 0.449 e. The normalized spacial score (nSPS) is 11.9. The molecule has 0 N–H and O–H groups in total. The standard InChI is InChI=1S/C21H21N3O3/c1-13-11-23-19(12-22-13)21(26)27-16(4)20(25)18-10-14(2)24(15(18)3)17-8-6-5-7-9-17/h5-12,16H,1-4H3/t16-/m0/s1. The summed E-state index contributed by atoms with van der Waals surface area (Å²) in [6.45, 7) is 7.16. The Morgan fingerprint density at radius 3 is 2.37 bits per heavy atom. The highest BCUT2D eigenvalue weighted by atomic mass is 16.5. The molecule has 0 fully saturated rings. The molecule has 3 rings (SSSR count). The molecule has 1 aromatic carbocycles. The fourth-order valence-electron chi connectivity index (χ4n) is 2.98. The van der Waals surface area contributed by atoms with Gasteiger partial charge in [0.05, 0.1) is 11.9 Å². The van der Waals surface area contributed by atoms with Gasteiger partial charge in [-0.15, -0.1) is 0 Å². The van der Waals surface area contributed by atoms with Crippen molar-refractivity contribution in [3.8, 4) is 5.69 Å². The number of para-hydroxylation sites is 1. The van der Waals surface area contributed by atoms with Gasteiger partial charge in [-0.05, 0) is 45.9 Å². The highest BCUT2D eigenvalue weighted by Gasteiger charge is 2.25. The van der Waals surface area contributed by atoms with Crippen LogP contribution in [-0.4, -0.2) is 32.4 Å². The van der Waals surface area contributed by atoms with Crippen LogP contribution >= 0.6 is 0 Å². The number of aryl methyl sites for hydroxylation is 2. The lowest BCUT2D eigenvalue weighted by atomic mass is 10.1. The van der Waals surface area contributed by atoms with Crippen LogP contribution in [0.2, 0.25) is 0 Å². The van der Waals surface area contributed by atoms with Gasteiger partial charge in [-0.3, -0.25) is 9.78 Å². The SMILES string of the molecule is Cc1cnc(C(=O)O[C@@H](C)C(=O)c2cc(C)n(-c3ccccc3)c2C)cn1. The summed E-state index contributed by atoms with van der Waals surface area (Å²) < 4.78 is 7.31. The Morgan fingerprint density at radius 2 is 1.74 bits per heavy atom. The molecule has 0 unspecified atom stereocenters. The Bertz CT molecular complexity index is 976. The van der Waals surface area contributed by atoms with E-state index in [0.717, 1.165) is 17.1 Å². The third kappa shape index (κ3) is 3.79. The number of Topliss-reactive ketones (excluding diaryl/α,β-unsaturated/α-hetero) is 1. The molecule has 0 amide bonds. The number of nitrogens with zero attached hydrogens (tertiary/aromatic N) is 3. The Kier molecular flexibility index (Phi) is 5.16. The van der Waals surface area contributed by atoms with Crippen molar-refractivity contribution in [1.29, 1.82) is 0 Å². The van der Waals surface area contributed by atoms with Crippen LogP contribution in [-0.2, 0) is 4.74 Å². The van der Waals surface area contributed by atoms with Crippen LogP contribution < -0.4 is 0 Å². The molecule has 2 heterocycles. The number of ether oxygens (including phenoxy) is 1. The minimum atomic E-state index is -0.926. The van der Waals surface area contributed by atoms with Crippen LogP contribution in [0.25, 0.3) is 5.69 Å². The smallest absolute Gasteiger partial charge is 0.359 e. The summed E-state index contributed by atoms with van der Waals surface area (Å²) >= 11 is 0. The molecule has 6 heteroatoms. The maximum absolute atomic E-state index is 12.9. The summed E-state index contributed by atoms with van der Waals surface area (Å²) in [5, 5.41) is 0. The lowest BCUT2D eigenvalue weighted by Gasteiger charge is -2.13.